The van der Waals surface area contributed by atoms with Crippen molar-refractivity contribution in [3.05, 3.63) is 33.3 Å². The van der Waals surface area contributed by atoms with Gasteiger partial charge in [0.15, 0.2) is 0 Å². The zero-order valence-corrected chi connectivity index (χ0v) is 13.5. The van der Waals surface area contributed by atoms with Crippen molar-refractivity contribution in [2.75, 3.05) is 4.90 Å². The Kier molecular flexibility index (Phi) is 2.74. The number of fused-ring (bicyclic) bond motifs is 1. The Morgan fingerprint density at radius 1 is 1.04 bits per heavy atom. The molecule has 1 aromatic carbocycles. The topological polar surface area (TPSA) is 80.5 Å². The lowest BCUT2D eigenvalue weighted by molar-refractivity contribution is -0.384. The van der Waals surface area contributed by atoms with E-state index in [9.17, 15) is 19.7 Å². The van der Waals surface area contributed by atoms with Crippen LogP contribution in [0.4, 0.5) is 11.4 Å². The third kappa shape index (κ3) is 1.67. The number of carbonyl (C=O) groups excluding carboxylic acids is 2. The normalized spacial score (nSPS) is 39.0. The average Bonchev–Trinajstić information content (AvgIpc) is 3.31. The van der Waals surface area contributed by atoms with E-state index < -0.39 is 4.92 Å². The Labute approximate surface area is 142 Å². The molecule has 7 heteroatoms. The van der Waals surface area contributed by atoms with Crippen LogP contribution < -0.4 is 4.90 Å². The van der Waals surface area contributed by atoms with Gasteiger partial charge in [0.1, 0.15) is 5.02 Å². The van der Waals surface area contributed by atoms with Crippen LogP contribution in [0.3, 0.4) is 0 Å². The summed E-state index contributed by atoms with van der Waals surface area (Å²) < 4.78 is 0. The van der Waals surface area contributed by atoms with Crippen molar-refractivity contribution in [3.8, 4) is 0 Å². The molecule has 2 amide bonds. The predicted molar refractivity (Wildman–Crippen MR) is 85.4 cm³/mol. The van der Waals surface area contributed by atoms with Crippen molar-refractivity contribution in [3.63, 3.8) is 0 Å². The Morgan fingerprint density at radius 2 is 1.62 bits per heavy atom. The number of anilines is 1. The van der Waals surface area contributed by atoms with Crippen LogP contribution in [-0.4, -0.2) is 16.7 Å². The molecule has 1 aliphatic heterocycles. The SMILES string of the molecule is O=C1[C@@H]2[C@@H]3CC[C@@H]([C@@H]4C[C@@H]43)[C@@H]2C(=O)N1c1ccc([N+](=O)[O-])c(Cl)c1. The number of imide groups is 1. The minimum absolute atomic E-state index is 0.0567. The Balaban J connectivity index is 1.54. The van der Waals surface area contributed by atoms with Crippen LogP contribution in [0.5, 0.6) is 0 Å². The summed E-state index contributed by atoms with van der Waals surface area (Å²) in [5.41, 5.74) is 0.126. The van der Waals surface area contributed by atoms with Gasteiger partial charge in [0.2, 0.25) is 11.8 Å². The highest BCUT2D eigenvalue weighted by molar-refractivity contribution is 6.33. The van der Waals surface area contributed by atoms with Gasteiger partial charge in [0, 0.05) is 6.07 Å². The van der Waals surface area contributed by atoms with Gasteiger partial charge < -0.3 is 0 Å². The molecule has 1 heterocycles. The first-order valence-electron chi connectivity index (χ1n) is 8.31. The summed E-state index contributed by atoms with van der Waals surface area (Å²) in [4.78, 5) is 37.5. The minimum Gasteiger partial charge on any atom is -0.274 e. The van der Waals surface area contributed by atoms with E-state index in [2.05, 4.69) is 0 Å². The summed E-state index contributed by atoms with van der Waals surface area (Å²) in [6.07, 6.45) is 3.26. The van der Waals surface area contributed by atoms with Gasteiger partial charge >= 0.3 is 0 Å². The molecule has 6 atom stereocenters. The van der Waals surface area contributed by atoms with Gasteiger partial charge in [-0.1, -0.05) is 11.6 Å². The second-order valence-electron chi connectivity index (χ2n) is 7.42. The fourth-order valence-corrected chi connectivity index (χ4v) is 5.82. The lowest BCUT2D eigenvalue weighted by atomic mass is 9.59. The van der Waals surface area contributed by atoms with E-state index in [0.29, 0.717) is 29.4 Å². The van der Waals surface area contributed by atoms with Crippen LogP contribution in [0.15, 0.2) is 18.2 Å². The number of halogens is 1. The largest absolute Gasteiger partial charge is 0.288 e. The fourth-order valence-electron chi connectivity index (χ4n) is 5.58. The molecule has 4 saturated carbocycles. The van der Waals surface area contributed by atoms with Gasteiger partial charge in [-0.15, -0.1) is 0 Å². The van der Waals surface area contributed by atoms with Crippen molar-refractivity contribution < 1.29 is 14.5 Å². The van der Waals surface area contributed by atoms with Gasteiger partial charge in [-0.2, -0.15) is 0 Å². The highest BCUT2D eigenvalue weighted by atomic mass is 35.5. The number of amides is 2. The second-order valence-corrected chi connectivity index (χ2v) is 7.83. The molecule has 0 spiro atoms. The zero-order chi connectivity index (χ0) is 16.7. The molecule has 2 bridgehead atoms. The molecule has 5 fully saturated rings. The number of nitro benzene ring substituents is 1. The molecule has 124 valence electrons. The van der Waals surface area contributed by atoms with Crippen molar-refractivity contribution in [2.24, 2.45) is 35.5 Å². The van der Waals surface area contributed by atoms with Crippen molar-refractivity contribution in [2.45, 2.75) is 19.3 Å². The van der Waals surface area contributed by atoms with E-state index >= 15 is 0 Å². The zero-order valence-electron chi connectivity index (χ0n) is 12.7. The van der Waals surface area contributed by atoms with Crippen LogP contribution in [0.25, 0.3) is 0 Å². The van der Waals surface area contributed by atoms with Gasteiger partial charge in [0.25, 0.3) is 5.69 Å². The van der Waals surface area contributed by atoms with Crippen LogP contribution in [-0.2, 0) is 9.59 Å². The summed E-state index contributed by atoms with van der Waals surface area (Å²) in [5, 5.41) is 10.8. The summed E-state index contributed by atoms with van der Waals surface area (Å²) in [6, 6.07) is 4.06. The van der Waals surface area contributed by atoms with E-state index in [1.54, 1.807) is 0 Å². The van der Waals surface area contributed by atoms with Crippen LogP contribution in [0, 0.1) is 45.6 Å². The second kappa shape index (κ2) is 4.57. The molecule has 4 aliphatic carbocycles. The molecule has 0 N–H and O–H groups in total. The Bertz CT molecular complexity index is 776. The minimum atomic E-state index is -0.576. The van der Waals surface area contributed by atoms with Crippen LogP contribution in [0.1, 0.15) is 19.3 Å². The van der Waals surface area contributed by atoms with Crippen LogP contribution >= 0.6 is 11.6 Å². The predicted octanol–water partition coefficient (Wildman–Crippen LogP) is 3.03. The lowest BCUT2D eigenvalue weighted by Gasteiger charge is -2.42. The number of nitro groups is 1. The number of carbonyl (C=O) groups is 2. The molecular formula is C17H15ClN2O4. The van der Waals surface area contributed by atoms with Gasteiger partial charge in [0.05, 0.1) is 22.4 Å². The monoisotopic (exact) mass is 346 g/mol. The van der Waals surface area contributed by atoms with E-state index in [-0.39, 0.29) is 34.4 Å². The maximum absolute atomic E-state index is 13.0. The summed E-state index contributed by atoms with van der Waals surface area (Å²) in [5.74, 6) is 1.23. The average molecular weight is 347 g/mol. The molecule has 1 aromatic rings. The summed E-state index contributed by atoms with van der Waals surface area (Å²) >= 11 is 5.96. The first kappa shape index (κ1) is 14.4. The third-order valence-corrected chi connectivity index (χ3v) is 6.83. The fraction of sp³-hybridized carbons (Fsp3) is 0.529. The van der Waals surface area contributed by atoms with Gasteiger partial charge in [-0.25, -0.2) is 4.90 Å². The molecule has 24 heavy (non-hydrogen) atoms. The maximum Gasteiger partial charge on any atom is 0.288 e. The number of rotatable bonds is 2. The van der Waals surface area contributed by atoms with Crippen molar-refractivity contribution in [1.29, 1.82) is 0 Å². The van der Waals surface area contributed by atoms with Crippen molar-refractivity contribution in [1.82, 2.24) is 0 Å². The molecular weight excluding hydrogens is 332 g/mol. The van der Waals surface area contributed by atoms with E-state index in [1.807, 2.05) is 0 Å². The van der Waals surface area contributed by atoms with E-state index in [1.165, 1.54) is 29.5 Å². The molecule has 0 aromatic heterocycles. The van der Waals surface area contributed by atoms with Gasteiger partial charge in [-0.05, 0) is 55.1 Å². The van der Waals surface area contributed by atoms with Gasteiger partial charge in [-0.3, -0.25) is 19.7 Å². The molecule has 5 aliphatic rings. The summed E-state index contributed by atoms with van der Waals surface area (Å²) in [7, 11) is 0. The summed E-state index contributed by atoms with van der Waals surface area (Å²) in [6.45, 7) is 0. The first-order valence-corrected chi connectivity index (χ1v) is 8.68. The van der Waals surface area contributed by atoms with Crippen LogP contribution in [0.2, 0.25) is 5.02 Å². The molecule has 0 unspecified atom stereocenters. The van der Waals surface area contributed by atoms with E-state index in [4.69, 9.17) is 11.6 Å². The molecule has 1 saturated heterocycles. The number of nitrogens with zero attached hydrogens (tertiary/aromatic N) is 2. The Morgan fingerprint density at radius 3 is 2.12 bits per heavy atom. The Hall–Kier alpha value is -1.95. The number of benzene rings is 1. The standard InChI is InChI=1S/C17H15ClN2O4/c18-12-5-7(1-4-13(12)20(23)24)19-16(21)14-8-2-3-9(11-6-10(8)11)15(14)17(19)22/h1,4-5,8-11,14-15H,2-3,6H2/t8-,9+,10-,11+,14-,15+. The highest BCUT2D eigenvalue weighted by Gasteiger charge is 2.68. The number of hydrogen-bond acceptors (Lipinski definition) is 4. The lowest BCUT2D eigenvalue weighted by Crippen LogP contribution is -2.43. The molecule has 6 rings (SSSR count). The first-order chi connectivity index (χ1) is 11.5. The smallest absolute Gasteiger partial charge is 0.274 e. The molecule has 0 radical (unpaired) electrons. The maximum atomic E-state index is 13.0. The quantitative estimate of drug-likeness (QED) is 0.468. The molecule has 6 nitrogen and oxygen atoms in total. The van der Waals surface area contributed by atoms with E-state index in [0.717, 1.165) is 12.8 Å². The third-order valence-electron chi connectivity index (χ3n) is 6.53. The number of hydrogen-bond donors (Lipinski definition) is 0. The highest BCUT2D eigenvalue weighted by Crippen LogP contribution is 2.68. The van der Waals surface area contributed by atoms with Crippen molar-refractivity contribution >= 4 is 34.8 Å².